The van der Waals surface area contributed by atoms with Gasteiger partial charge in [-0.3, -0.25) is 9.97 Å². The molecular formula is C46H40N14. The zero-order valence-corrected chi connectivity index (χ0v) is 33.4. The molecule has 0 radical (unpaired) electrons. The molecule has 4 N–H and O–H groups in total. The first-order valence-electron chi connectivity index (χ1n) is 19.7. The monoisotopic (exact) mass is 788 g/mol. The van der Waals surface area contributed by atoms with E-state index in [9.17, 15) is 0 Å². The van der Waals surface area contributed by atoms with Gasteiger partial charge in [-0.25, -0.2) is 29.0 Å². The van der Waals surface area contributed by atoms with Crippen molar-refractivity contribution >= 4 is 22.7 Å². The van der Waals surface area contributed by atoms with Crippen LogP contribution in [-0.4, -0.2) is 59.1 Å². The Kier molecular flexibility index (Phi) is 9.13. The fraction of sp³-hybridized carbons (Fsp3) is 0.130. The Bertz CT molecular complexity index is 3170. The topological polar surface area (TPSA) is 168 Å². The van der Waals surface area contributed by atoms with E-state index >= 15 is 0 Å². The lowest BCUT2D eigenvalue weighted by Gasteiger charge is -2.08. The second-order valence-corrected chi connectivity index (χ2v) is 14.9. The molecule has 0 amide bonds. The van der Waals surface area contributed by atoms with E-state index in [0.29, 0.717) is 18.9 Å². The van der Waals surface area contributed by atoms with Crippen molar-refractivity contribution in [2.45, 2.75) is 40.8 Å². The Morgan fingerprint density at radius 1 is 0.567 bits per heavy atom. The van der Waals surface area contributed by atoms with Gasteiger partial charge in [0.1, 0.15) is 18.0 Å². The number of aromatic nitrogens is 12. The second kappa shape index (κ2) is 15.1. The van der Waals surface area contributed by atoms with Crippen molar-refractivity contribution < 1.29 is 0 Å². The number of nitrogens with one attached hydrogen (secondary N) is 4. The third-order valence-electron chi connectivity index (χ3n) is 10.4. The number of anilines is 2. The van der Waals surface area contributed by atoms with E-state index in [1.165, 1.54) is 5.56 Å². The van der Waals surface area contributed by atoms with Crippen LogP contribution in [0, 0.1) is 27.7 Å². The Hall–Kier alpha value is -8.00. The van der Waals surface area contributed by atoms with E-state index in [0.717, 1.165) is 102 Å². The van der Waals surface area contributed by atoms with E-state index in [4.69, 9.17) is 30.0 Å². The van der Waals surface area contributed by atoms with E-state index in [1.54, 1.807) is 10.8 Å². The average Bonchev–Trinajstić information content (AvgIpc) is 4.08. The second-order valence-electron chi connectivity index (χ2n) is 14.9. The van der Waals surface area contributed by atoms with Crippen LogP contribution in [0.15, 0.2) is 122 Å². The summed E-state index contributed by atoms with van der Waals surface area (Å²) in [5, 5.41) is 16.3. The van der Waals surface area contributed by atoms with Gasteiger partial charge in [0.05, 0.1) is 47.3 Å². The molecule has 14 nitrogen and oxygen atoms in total. The number of rotatable bonds is 11. The quantitative estimate of drug-likeness (QED) is 0.0995. The molecule has 60 heavy (non-hydrogen) atoms. The minimum atomic E-state index is 0.468. The smallest absolute Gasteiger partial charge is 0.182 e. The van der Waals surface area contributed by atoms with Crippen LogP contribution < -0.4 is 10.6 Å². The van der Waals surface area contributed by atoms with Gasteiger partial charge in [-0.15, -0.1) is 5.10 Å². The number of imidazole rings is 2. The van der Waals surface area contributed by atoms with Crippen LogP contribution in [-0.2, 0) is 13.1 Å². The van der Waals surface area contributed by atoms with Crippen LogP contribution in [0.25, 0.3) is 68.0 Å². The highest BCUT2D eigenvalue weighted by Crippen LogP contribution is 2.32. The maximum Gasteiger partial charge on any atom is 0.182 e. The summed E-state index contributed by atoms with van der Waals surface area (Å²) in [6.07, 6.45) is 5.46. The first-order chi connectivity index (χ1) is 29.3. The van der Waals surface area contributed by atoms with Crippen molar-refractivity contribution in [3.8, 4) is 56.7 Å². The summed E-state index contributed by atoms with van der Waals surface area (Å²) in [4.78, 5) is 36.0. The number of hydrogen-bond donors (Lipinski definition) is 4. The molecule has 0 bridgehead atoms. The number of hydrogen-bond acceptors (Lipinski definition) is 10. The van der Waals surface area contributed by atoms with Crippen LogP contribution in [0.5, 0.6) is 0 Å². The lowest BCUT2D eigenvalue weighted by Crippen LogP contribution is -2.02. The summed E-state index contributed by atoms with van der Waals surface area (Å²) >= 11 is 0. The molecule has 0 unspecified atom stereocenters. The van der Waals surface area contributed by atoms with Gasteiger partial charge in [-0.1, -0.05) is 29.8 Å². The molecule has 0 fully saturated rings. The molecule has 14 heteroatoms. The number of aromatic amines is 2. The molecule has 2 aromatic carbocycles. The van der Waals surface area contributed by atoms with Gasteiger partial charge in [0.2, 0.25) is 0 Å². The van der Waals surface area contributed by atoms with Gasteiger partial charge in [0.15, 0.2) is 17.1 Å². The summed E-state index contributed by atoms with van der Waals surface area (Å²) in [6.45, 7) is 9.12. The number of nitrogens with zero attached hydrogens (tertiary/aromatic N) is 10. The predicted molar refractivity (Wildman–Crippen MR) is 233 cm³/mol. The highest BCUT2D eigenvalue weighted by atomic mass is 15.3. The van der Waals surface area contributed by atoms with E-state index in [-0.39, 0.29) is 0 Å². The summed E-state index contributed by atoms with van der Waals surface area (Å²) in [6, 6.07) is 34.5. The third-order valence-corrected chi connectivity index (χ3v) is 10.4. The molecule has 0 saturated carbocycles. The first-order valence-corrected chi connectivity index (χ1v) is 19.7. The standard InChI is InChI=1S/C46H40N14/c1-27-11-15-33(16-12-27)47-22-38-53-43(45(55-38)37-10-6-8-30(4)52-37)32-14-20-41-57-46(58-60(41)25-32)35-18-17-34(21-28(35)2)48-23-39-54-42(31-13-19-40-49-26-50-59(40)24-31)44(56-39)36-9-5-7-29(3)51-36/h5-21,24-26,47-48H,22-23H2,1-4H3,(H,53,55)(H,54,56). The molecule has 0 aliphatic carbocycles. The molecular weight excluding hydrogens is 749 g/mol. The Labute approximate surface area is 344 Å². The van der Waals surface area contributed by atoms with Crippen LogP contribution in [0.3, 0.4) is 0 Å². The fourth-order valence-electron chi connectivity index (χ4n) is 7.33. The van der Waals surface area contributed by atoms with Crippen molar-refractivity contribution in [1.29, 1.82) is 0 Å². The van der Waals surface area contributed by atoms with Gasteiger partial charge in [0.25, 0.3) is 0 Å². The molecule has 0 aliphatic heterocycles. The summed E-state index contributed by atoms with van der Waals surface area (Å²) in [7, 11) is 0. The van der Waals surface area contributed by atoms with Crippen LogP contribution >= 0.6 is 0 Å². The van der Waals surface area contributed by atoms with Crippen LogP contribution in [0.4, 0.5) is 11.4 Å². The summed E-state index contributed by atoms with van der Waals surface area (Å²) in [5.41, 5.74) is 15.2. The highest BCUT2D eigenvalue weighted by Gasteiger charge is 2.19. The lowest BCUT2D eigenvalue weighted by molar-refractivity contribution is 0.960. The van der Waals surface area contributed by atoms with Gasteiger partial charge in [-0.2, -0.15) is 5.10 Å². The zero-order valence-electron chi connectivity index (χ0n) is 33.4. The van der Waals surface area contributed by atoms with E-state index in [2.05, 4.69) is 80.9 Å². The molecule has 0 saturated heterocycles. The molecule has 0 spiro atoms. The SMILES string of the molecule is Cc1ccc(NCc2nc(-c3ccc4nc(-c5ccc(NCc6nc(-c7ccc8ncnn8c7)c(-c7cccc(C)n7)[nH]6)cc5C)nn4c3)c(-c3cccc(C)n3)[nH]2)cc1. The van der Waals surface area contributed by atoms with Gasteiger partial charge < -0.3 is 20.6 Å². The van der Waals surface area contributed by atoms with Crippen LogP contribution in [0.1, 0.15) is 34.2 Å². The number of H-pyrrole nitrogens is 2. The van der Waals surface area contributed by atoms with E-state index < -0.39 is 0 Å². The Morgan fingerprint density at radius 3 is 1.80 bits per heavy atom. The summed E-state index contributed by atoms with van der Waals surface area (Å²) in [5.74, 6) is 2.21. The number of fused-ring (bicyclic) bond motifs is 2. The third kappa shape index (κ3) is 7.21. The minimum absolute atomic E-state index is 0.468. The molecule has 0 atom stereocenters. The van der Waals surface area contributed by atoms with E-state index in [1.807, 2.05) is 97.5 Å². The van der Waals surface area contributed by atoms with Crippen molar-refractivity contribution in [1.82, 2.24) is 59.1 Å². The Morgan fingerprint density at radius 2 is 1.17 bits per heavy atom. The predicted octanol–water partition coefficient (Wildman–Crippen LogP) is 8.80. The fourth-order valence-corrected chi connectivity index (χ4v) is 7.33. The maximum absolute atomic E-state index is 5.06. The van der Waals surface area contributed by atoms with Crippen LogP contribution in [0.2, 0.25) is 0 Å². The maximum atomic E-state index is 5.06. The molecule has 10 aromatic rings. The largest absolute Gasteiger partial charge is 0.378 e. The van der Waals surface area contributed by atoms with Gasteiger partial charge in [-0.05, 0) is 112 Å². The van der Waals surface area contributed by atoms with Crippen molar-refractivity contribution in [2.24, 2.45) is 0 Å². The Balaban J connectivity index is 0.902. The lowest BCUT2D eigenvalue weighted by atomic mass is 10.1. The molecule has 294 valence electrons. The van der Waals surface area contributed by atoms with Gasteiger partial charge >= 0.3 is 0 Å². The molecule has 10 rings (SSSR count). The number of benzene rings is 2. The number of pyridine rings is 4. The zero-order chi connectivity index (χ0) is 40.7. The minimum Gasteiger partial charge on any atom is -0.378 e. The van der Waals surface area contributed by atoms with Crippen molar-refractivity contribution in [3.63, 3.8) is 0 Å². The molecule has 8 aromatic heterocycles. The van der Waals surface area contributed by atoms with Crippen molar-refractivity contribution in [2.75, 3.05) is 10.6 Å². The summed E-state index contributed by atoms with van der Waals surface area (Å²) < 4.78 is 3.57. The number of aryl methyl sites for hydroxylation is 4. The van der Waals surface area contributed by atoms with Crippen molar-refractivity contribution in [3.05, 3.63) is 156 Å². The normalized spacial score (nSPS) is 11.5. The van der Waals surface area contributed by atoms with Gasteiger partial charge in [0, 0.05) is 51.8 Å². The molecule has 8 heterocycles. The first kappa shape index (κ1) is 36.3. The average molecular weight is 789 g/mol. The molecule has 0 aliphatic rings. The highest BCUT2D eigenvalue weighted by molar-refractivity contribution is 5.78.